The van der Waals surface area contributed by atoms with Crippen molar-refractivity contribution in [2.75, 3.05) is 39.3 Å². The number of benzene rings is 1. The largest absolute Gasteiger partial charge is 0.444 e. The molecule has 0 bridgehead atoms. The number of carbonyl (C=O) groups excluding carboxylic acids is 1. The van der Waals surface area contributed by atoms with Gasteiger partial charge >= 0.3 is 6.09 Å². The molecule has 5 nitrogen and oxygen atoms in total. The first kappa shape index (κ1) is 22.1. The zero-order valence-corrected chi connectivity index (χ0v) is 18.6. The summed E-state index contributed by atoms with van der Waals surface area (Å²) in [7, 11) is 0. The Morgan fingerprint density at radius 3 is 2.24 bits per heavy atom. The average molecular weight is 402 g/mol. The first-order valence-electron chi connectivity index (χ1n) is 11.3. The van der Waals surface area contributed by atoms with E-state index in [2.05, 4.69) is 45.4 Å². The highest BCUT2D eigenvalue weighted by Gasteiger charge is 2.35. The topological polar surface area (TPSA) is 44.8 Å². The molecular formula is C24H39N3O2. The van der Waals surface area contributed by atoms with Crippen LogP contribution in [0.4, 0.5) is 4.79 Å². The van der Waals surface area contributed by atoms with E-state index in [9.17, 15) is 4.79 Å². The Morgan fingerprint density at radius 1 is 1.00 bits per heavy atom. The molecule has 1 aliphatic heterocycles. The molecule has 2 fully saturated rings. The van der Waals surface area contributed by atoms with Gasteiger partial charge in [-0.05, 0) is 39.2 Å². The van der Waals surface area contributed by atoms with Gasteiger partial charge in [-0.1, -0.05) is 49.6 Å². The molecule has 1 aromatic rings. The third-order valence-corrected chi connectivity index (χ3v) is 6.19. The standard InChI is InChI=1S/C24H39N3O2/c1-23(2,3)29-22(28)25-19-24(12-8-5-9-13-24)20-27-16-14-26(15-17-27)18-21-10-6-4-7-11-21/h4,6-7,10-11H,5,8-9,12-20H2,1-3H3,(H,25,28). The van der Waals surface area contributed by atoms with Crippen LogP contribution in [0.25, 0.3) is 0 Å². The van der Waals surface area contributed by atoms with Gasteiger partial charge in [0.1, 0.15) is 5.60 Å². The number of nitrogens with one attached hydrogen (secondary N) is 1. The summed E-state index contributed by atoms with van der Waals surface area (Å²) in [6, 6.07) is 10.8. The van der Waals surface area contributed by atoms with E-state index in [-0.39, 0.29) is 11.5 Å². The minimum absolute atomic E-state index is 0.191. The zero-order valence-electron chi connectivity index (χ0n) is 18.6. The summed E-state index contributed by atoms with van der Waals surface area (Å²) in [5.74, 6) is 0. The maximum Gasteiger partial charge on any atom is 0.407 e. The van der Waals surface area contributed by atoms with E-state index in [4.69, 9.17) is 4.74 Å². The lowest BCUT2D eigenvalue weighted by Gasteiger charge is -2.44. The van der Waals surface area contributed by atoms with Gasteiger partial charge in [0.15, 0.2) is 0 Å². The quantitative estimate of drug-likeness (QED) is 0.773. The number of hydrogen-bond donors (Lipinski definition) is 1. The summed E-state index contributed by atoms with van der Waals surface area (Å²) in [5.41, 5.74) is 1.14. The second kappa shape index (κ2) is 9.94. The fourth-order valence-electron chi connectivity index (χ4n) is 4.69. The highest BCUT2D eigenvalue weighted by atomic mass is 16.6. The SMILES string of the molecule is CC(C)(C)OC(=O)NCC1(CN2CCN(Cc3ccccc3)CC2)CCCCC1. The van der Waals surface area contributed by atoms with Crippen molar-refractivity contribution in [2.45, 2.75) is 65.0 Å². The third-order valence-electron chi connectivity index (χ3n) is 6.19. The second-order valence-corrected chi connectivity index (χ2v) is 9.95. The lowest BCUT2D eigenvalue weighted by molar-refractivity contribution is 0.0384. The molecule has 1 aromatic carbocycles. The first-order valence-corrected chi connectivity index (χ1v) is 11.3. The van der Waals surface area contributed by atoms with Crippen LogP contribution in [0.2, 0.25) is 0 Å². The summed E-state index contributed by atoms with van der Waals surface area (Å²) in [5, 5.41) is 3.08. The Bertz CT molecular complexity index is 627. The van der Waals surface area contributed by atoms with Crippen molar-refractivity contribution in [3.63, 3.8) is 0 Å². The van der Waals surface area contributed by atoms with Gasteiger partial charge in [-0.3, -0.25) is 4.90 Å². The van der Waals surface area contributed by atoms with Crippen molar-refractivity contribution < 1.29 is 9.53 Å². The third kappa shape index (κ3) is 7.31. The number of alkyl carbamates (subject to hydrolysis) is 1. The molecule has 0 aromatic heterocycles. The molecule has 2 aliphatic rings. The molecule has 0 radical (unpaired) electrons. The predicted octanol–water partition coefficient (Wildman–Crippen LogP) is 4.28. The lowest BCUT2D eigenvalue weighted by Crippen LogP contribution is -2.52. The van der Waals surface area contributed by atoms with Crippen LogP contribution in [0.3, 0.4) is 0 Å². The Balaban J connectivity index is 1.49. The van der Waals surface area contributed by atoms with Crippen molar-refractivity contribution in [3.05, 3.63) is 35.9 Å². The van der Waals surface area contributed by atoms with Gasteiger partial charge in [-0.15, -0.1) is 0 Å². The molecule has 1 N–H and O–H groups in total. The van der Waals surface area contributed by atoms with Crippen LogP contribution >= 0.6 is 0 Å². The molecule has 1 amide bonds. The normalized spacial score (nSPS) is 20.9. The summed E-state index contributed by atoms with van der Waals surface area (Å²) in [4.78, 5) is 17.4. The Hall–Kier alpha value is -1.59. The second-order valence-electron chi connectivity index (χ2n) is 9.95. The summed E-state index contributed by atoms with van der Waals surface area (Å²) in [6.07, 6.45) is 5.97. The van der Waals surface area contributed by atoms with Crippen LogP contribution in [0.5, 0.6) is 0 Å². The van der Waals surface area contributed by atoms with Crippen LogP contribution in [0.15, 0.2) is 30.3 Å². The molecule has 1 saturated heterocycles. The minimum Gasteiger partial charge on any atom is -0.444 e. The minimum atomic E-state index is -0.446. The van der Waals surface area contributed by atoms with E-state index in [1.807, 2.05) is 20.8 Å². The van der Waals surface area contributed by atoms with Gasteiger partial charge in [0.2, 0.25) is 0 Å². The van der Waals surface area contributed by atoms with Crippen molar-refractivity contribution >= 4 is 6.09 Å². The van der Waals surface area contributed by atoms with Gasteiger partial charge in [-0.2, -0.15) is 0 Å². The molecule has 1 heterocycles. The first-order chi connectivity index (χ1) is 13.8. The lowest BCUT2D eigenvalue weighted by atomic mass is 9.73. The fraction of sp³-hybridized carbons (Fsp3) is 0.708. The van der Waals surface area contributed by atoms with Crippen molar-refractivity contribution in [2.24, 2.45) is 5.41 Å². The monoisotopic (exact) mass is 401 g/mol. The maximum atomic E-state index is 12.2. The van der Waals surface area contributed by atoms with E-state index >= 15 is 0 Å². The van der Waals surface area contributed by atoms with Crippen molar-refractivity contribution in [3.8, 4) is 0 Å². The number of ether oxygens (including phenoxy) is 1. The number of rotatable bonds is 6. The highest BCUT2D eigenvalue weighted by molar-refractivity contribution is 5.67. The molecule has 162 valence electrons. The van der Waals surface area contributed by atoms with Crippen LogP contribution in [0, 0.1) is 5.41 Å². The number of piperazine rings is 1. The number of carbonyl (C=O) groups is 1. The van der Waals surface area contributed by atoms with Gasteiger partial charge in [0.25, 0.3) is 0 Å². The number of amides is 1. The van der Waals surface area contributed by atoms with Crippen LogP contribution in [0.1, 0.15) is 58.4 Å². The number of nitrogens with zero attached hydrogens (tertiary/aromatic N) is 2. The van der Waals surface area contributed by atoms with Gasteiger partial charge in [0, 0.05) is 51.2 Å². The Kier molecular flexibility index (Phi) is 7.58. The van der Waals surface area contributed by atoms with Gasteiger partial charge < -0.3 is 15.0 Å². The van der Waals surface area contributed by atoms with Gasteiger partial charge in [-0.25, -0.2) is 4.79 Å². The predicted molar refractivity (Wildman–Crippen MR) is 118 cm³/mol. The molecule has 1 saturated carbocycles. The molecule has 0 unspecified atom stereocenters. The molecule has 0 spiro atoms. The van der Waals surface area contributed by atoms with E-state index in [0.717, 1.165) is 45.8 Å². The Labute approximate surface area is 176 Å². The highest BCUT2D eigenvalue weighted by Crippen LogP contribution is 2.37. The fourth-order valence-corrected chi connectivity index (χ4v) is 4.69. The zero-order chi connectivity index (χ0) is 20.7. The van der Waals surface area contributed by atoms with Crippen LogP contribution < -0.4 is 5.32 Å². The molecule has 0 atom stereocenters. The molecular weight excluding hydrogens is 362 g/mol. The van der Waals surface area contributed by atoms with Gasteiger partial charge in [0.05, 0.1) is 0 Å². The molecule has 1 aliphatic carbocycles. The van der Waals surface area contributed by atoms with Crippen molar-refractivity contribution in [1.29, 1.82) is 0 Å². The maximum absolute atomic E-state index is 12.2. The molecule has 3 rings (SSSR count). The van der Waals surface area contributed by atoms with E-state index in [0.29, 0.717) is 0 Å². The van der Waals surface area contributed by atoms with E-state index < -0.39 is 5.60 Å². The van der Waals surface area contributed by atoms with E-state index in [1.165, 1.54) is 37.7 Å². The Morgan fingerprint density at radius 2 is 1.62 bits per heavy atom. The smallest absolute Gasteiger partial charge is 0.407 e. The van der Waals surface area contributed by atoms with E-state index in [1.54, 1.807) is 0 Å². The molecule has 5 heteroatoms. The summed E-state index contributed by atoms with van der Waals surface area (Å²) < 4.78 is 5.46. The summed E-state index contributed by atoms with van der Waals surface area (Å²) in [6.45, 7) is 13.1. The van der Waals surface area contributed by atoms with Crippen molar-refractivity contribution in [1.82, 2.24) is 15.1 Å². The van der Waals surface area contributed by atoms with Crippen LogP contribution in [-0.4, -0.2) is 60.8 Å². The summed E-state index contributed by atoms with van der Waals surface area (Å²) >= 11 is 0. The van der Waals surface area contributed by atoms with Crippen LogP contribution in [-0.2, 0) is 11.3 Å². The number of hydrogen-bond acceptors (Lipinski definition) is 4. The molecule has 29 heavy (non-hydrogen) atoms. The average Bonchev–Trinajstić information content (AvgIpc) is 2.68.